The van der Waals surface area contributed by atoms with Crippen LogP contribution in [-0.4, -0.2) is 57.0 Å². The van der Waals surface area contributed by atoms with Crippen LogP contribution in [0.1, 0.15) is 42.1 Å². The number of urea groups is 1. The van der Waals surface area contributed by atoms with Crippen LogP contribution in [0.15, 0.2) is 75.4 Å². The van der Waals surface area contributed by atoms with Gasteiger partial charge in [0.05, 0.1) is 50.3 Å². The zero-order valence-corrected chi connectivity index (χ0v) is 27.7. The van der Waals surface area contributed by atoms with E-state index in [0.29, 0.717) is 62.0 Å². The first-order valence-electron chi connectivity index (χ1n) is 14.4. The first-order valence-corrected chi connectivity index (χ1v) is 15.2. The Morgan fingerprint density at radius 3 is 2.64 bits per heavy atom. The molecular formula is C33H34BrN5O8. The van der Waals surface area contributed by atoms with Gasteiger partial charge in [0.25, 0.3) is 0 Å². The number of rotatable bonds is 14. The molecule has 0 spiro atoms. The van der Waals surface area contributed by atoms with Crippen LogP contribution in [-0.2, 0) is 16.1 Å². The summed E-state index contributed by atoms with van der Waals surface area (Å²) in [6.07, 6.45) is 0.242. The van der Waals surface area contributed by atoms with Gasteiger partial charge in [-0.15, -0.1) is 0 Å². The first-order chi connectivity index (χ1) is 22.7. The highest BCUT2D eigenvalue weighted by molar-refractivity contribution is 9.10. The molecule has 0 saturated heterocycles. The molecule has 47 heavy (non-hydrogen) atoms. The van der Waals surface area contributed by atoms with Gasteiger partial charge in [0.2, 0.25) is 0 Å². The molecule has 14 heteroatoms. The maximum atomic E-state index is 12.5. The van der Waals surface area contributed by atoms with E-state index >= 15 is 0 Å². The molecular weight excluding hydrogens is 674 g/mol. The van der Waals surface area contributed by atoms with Crippen molar-refractivity contribution >= 4 is 34.1 Å². The van der Waals surface area contributed by atoms with Gasteiger partial charge in [-0.25, -0.2) is 9.59 Å². The molecule has 0 saturated carbocycles. The van der Waals surface area contributed by atoms with Gasteiger partial charge in [0.15, 0.2) is 29.2 Å². The number of amides is 2. The summed E-state index contributed by atoms with van der Waals surface area (Å²) < 4.78 is 28.8. The number of hydrazone groups is 1. The molecule has 0 radical (unpaired) electrons. The van der Waals surface area contributed by atoms with Crippen LogP contribution in [0, 0.1) is 11.3 Å². The Morgan fingerprint density at radius 2 is 1.91 bits per heavy atom. The molecule has 1 heterocycles. The number of allylic oxidation sites excluding steroid dienone is 1. The molecule has 0 aliphatic carbocycles. The number of nitrogens with one attached hydrogen (secondary N) is 3. The third-order valence-corrected chi connectivity index (χ3v) is 7.34. The Hall–Kier alpha value is -5.26. The van der Waals surface area contributed by atoms with Crippen LogP contribution < -0.4 is 35.0 Å². The molecule has 13 nitrogen and oxygen atoms in total. The van der Waals surface area contributed by atoms with Crippen LogP contribution in [0.2, 0.25) is 0 Å². The predicted molar refractivity (Wildman–Crippen MR) is 175 cm³/mol. The van der Waals surface area contributed by atoms with Gasteiger partial charge in [-0.05, 0) is 49.7 Å². The highest BCUT2D eigenvalue weighted by Gasteiger charge is 2.32. The van der Waals surface area contributed by atoms with Crippen molar-refractivity contribution in [2.45, 2.75) is 32.7 Å². The second-order valence-corrected chi connectivity index (χ2v) is 10.9. The fraction of sp³-hybridized carbons (Fsp3) is 0.273. The molecule has 0 fully saturated rings. The zero-order chi connectivity index (χ0) is 33.9. The van der Waals surface area contributed by atoms with Crippen molar-refractivity contribution in [3.63, 3.8) is 0 Å². The largest absolute Gasteiger partial charge is 0.493 e. The van der Waals surface area contributed by atoms with Gasteiger partial charge in [-0.2, -0.15) is 10.4 Å². The van der Waals surface area contributed by atoms with Gasteiger partial charge in [-0.1, -0.05) is 40.2 Å². The number of esters is 1. The summed E-state index contributed by atoms with van der Waals surface area (Å²) in [7, 11) is 2.78. The SMILES string of the molecule is CCOc1cc([C@@H]2NC(=O)NC(C)=C2C(=O)OC)ccc1OC[C@H](O)N/N=C/c1cc(Br)cc(OC)c1OCc1ccccc1C#N. The van der Waals surface area contributed by atoms with Gasteiger partial charge in [-0.3, -0.25) is 5.43 Å². The Kier molecular flexibility index (Phi) is 12.0. The lowest BCUT2D eigenvalue weighted by Gasteiger charge is -2.28. The van der Waals surface area contributed by atoms with E-state index in [4.69, 9.17) is 23.7 Å². The van der Waals surface area contributed by atoms with Crippen LogP contribution in [0.5, 0.6) is 23.0 Å². The van der Waals surface area contributed by atoms with Crippen molar-refractivity contribution in [3.05, 3.63) is 92.6 Å². The Morgan fingerprint density at radius 1 is 1.13 bits per heavy atom. The number of halogens is 1. The highest BCUT2D eigenvalue weighted by atomic mass is 79.9. The molecule has 4 rings (SSSR count). The van der Waals surface area contributed by atoms with Crippen molar-refractivity contribution in [2.75, 3.05) is 27.4 Å². The molecule has 246 valence electrons. The fourth-order valence-corrected chi connectivity index (χ4v) is 5.17. The van der Waals surface area contributed by atoms with Crippen LogP contribution in [0.4, 0.5) is 4.79 Å². The monoisotopic (exact) mass is 707 g/mol. The number of methoxy groups -OCH3 is 2. The summed E-state index contributed by atoms with van der Waals surface area (Å²) in [6, 6.07) is 16.5. The number of nitriles is 1. The average molecular weight is 709 g/mol. The summed E-state index contributed by atoms with van der Waals surface area (Å²) >= 11 is 3.46. The topological polar surface area (TPSA) is 173 Å². The molecule has 2 amide bonds. The highest BCUT2D eigenvalue weighted by Crippen LogP contribution is 2.36. The lowest BCUT2D eigenvalue weighted by molar-refractivity contribution is -0.136. The maximum absolute atomic E-state index is 12.5. The van der Waals surface area contributed by atoms with Gasteiger partial charge in [0, 0.05) is 21.3 Å². The maximum Gasteiger partial charge on any atom is 0.337 e. The van der Waals surface area contributed by atoms with Crippen molar-refractivity contribution in [2.24, 2.45) is 5.10 Å². The van der Waals surface area contributed by atoms with E-state index in [0.717, 1.165) is 0 Å². The van der Waals surface area contributed by atoms with Gasteiger partial charge < -0.3 is 39.4 Å². The minimum Gasteiger partial charge on any atom is -0.493 e. The third kappa shape index (κ3) is 8.72. The number of hydrogen-bond donors (Lipinski definition) is 4. The fourth-order valence-electron chi connectivity index (χ4n) is 4.71. The lowest BCUT2D eigenvalue weighted by Crippen LogP contribution is -2.45. The number of hydrogen-bond acceptors (Lipinski definition) is 11. The molecule has 1 aliphatic heterocycles. The molecule has 1 aliphatic rings. The summed E-state index contributed by atoms with van der Waals surface area (Å²) in [4.78, 5) is 24.7. The van der Waals surface area contributed by atoms with E-state index in [1.54, 1.807) is 56.3 Å². The zero-order valence-electron chi connectivity index (χ0n) is 26.1. The number of carbonyl (C=O) groups is 2. The van der Waals surface area contributed by atoms with Crippen LogP contribution >= 0.6 is 15.9 Å². The number of carbonyl (C=O) groups excluding carboxylic acids is 2. The van der Waals surface area contributed by atoms with Gasteiger partial charge >= 0.3 is 12.0 Å². The van der Waals surface area contributed by atoms with E-state index in [-0.39, 0.29) is 18.8 Å². The number of nitrogens with zero attached hydrogens (tertiary/aromatic N) is 2. The standard InChI is InChI=1S/C33H34BrN5O8/c1-5-45-26-13-20(30-29(32(41)44-4)19(2)37-33(42)38-30)10-11-25(26)46-18-28(40)39-36-16-23-12-24(34)14-27(43-3)31(23)47-17-22-9-7-6-8-21(22)15-35/h6-14,16,28,30,39-40H,5,17-18H2,1-4H3,(H2,37,38,42)/b36-16+/t28-,30-/m0/s1. The summed E-state index contributed by atoms with van der Waals surface area (Å²) in [5.74, 6) is 0.922. The summed E-state index contributed by atoms with van der Waals surface area (Å²) in [6.45, 7) is 3.65. The number of aliphatic hydroxyl groups excluding tert-OH is 1. The Bertz CT molecular complexity index is 1720. The first kappa shape index (κ1) is 34.6. The molecule has 3 aromatic rings. The molecule has 0 aromatic heterocycles. The Labute approximate surface area is 280 Å². The van der Waals surface area contributed by atoms with E-state index in [9.17, 15) is 20.0 Å². The van der Waals surface area contributed by atoms with Crippen molar-refractivity contribution in [1.29, 1.82) is 5.26 Å². The summed E-state index contributed by atoms with van der Waals surface area (Å²) in [5, 5.41) is 29.5. The van der Waals surface area contributed by atoms with Crippen molar-refractivity contribution in [1.82, 2.24) is 16.1 Å². The molecule has 2 atom stereocenters. The summed E-state index contributed by atoms with van der Waals surface area (Å²) in [5.41, 5.74) is 5.57. The van der Waals surface area contributed by atoms with E-state index in [1.807, 2.05) is 12.1 Å². The number of benzene rings is 3. The molecule has 0 unspecified atom stereocenters. The minimum atomic E-state index is -1.22. The average Bonchev–Trinajstić information content (AvgIpc) is 3.06. The normalized spacial score (nSPS) is 14.8. The molecule has 3 aromatic carbocycles. The van der Waals surface area contributed by atoms with Crippen LogP contribution in [0.25, 0.3) is 0 Å². The smallest absolute Gasteiger partial charge is 0.337 e. The third-order valence-electron chi connectivity index (χ3n) is 6.88. The van der Waals surface area contributed by atoms with E-state index in [2.05, 4.69) is 43.2 Å². The number of aliphatic hydroxyl groups is 1. The molecule has 4 N–H and O–H groups in total. The quantitative estimate of drug-likeness (QED) is 0.0813. The van der Waals surface area contributed by atoms with Crippen molar-refractivity contribution in [3.8, 4) is 29.1 Å². The Balaban J connectivity index is 1.45. The lowest BCUT2D eigenvalue weighted by atomic mass is 9.95. The number of ether oxygens (including phenoxy) is 5. The predicted octanol–water partition coefficient (Wildman–Crippen LogP) is 4.43. The minimum absolute atomic E-state index is 0.122. The second-order valence-electron chi connectivity index (χ2n) is 10.00. The van der Waals surface area contributed by atoms with Crippen LogP contribution in [0.3, 0.4) is 0 Å². The van der Waals surface area contributed by atoms with E-state index < -0.39 is 24.3 Å². The molecule has 0 bridgehead atoms. The van der Waals surface area contributed by atoms with Crippen molar-refractivity contribution < 1.29 is 38.4 Å². The van der Waals surface area contributed by atoms with E-state index in [1.165, 1.54) is 20.4 Å². The second kappa shape index (κ2) is 16.3. The van der Waals surface area contributed by atoms with Gasteiger partial charge in [0.1, 0.15) is 13.2 Å².